The third kappa shape index (κ3) is 13.7. The summed E-state index contributed by atoms with van der Waals surface area (Å²) in [5.41, 5.74) is 1.40. The maximum atomic E-state index is 11.8. The summed E-state index contributed by atoms with van der Waals surface area (Å²) in [5, 5.41) is 26.7. The molecule has 0 bridgehead atoms. The number of aliphatic hydroxyl groups is 1. The van der Waals surface area contributed by atoms with E-state index in [0.29, 0.717) is 11.1 Å². The van der Waals surface area contributed by atoms with Gasteiger partial charge >= 0.3 is 17.9 Å². The monoisotopic (exact) mass is 612 g/mol. The summed E-state index contributed by atoms with van der Waals surface area (Å²) in [4.78, 5) is 45.7. The largest absolute Gasteiger partial charge is 0.479 e. The van der Waals surface area contributed by atoms with Gasteiger partial charge in [0.25, 0.3) is 5.78 Å². The van der Waals surface area contributed by atoms with Crippen LogP contribution in [0.4, 0.5) is 0 Å². The highest BCUT2D eigenvalue weighted by Gasteiger charge is 2.21. The Balaban J connectivity index is 0.000000342. The van der Waals surface area contributed by atoms with Crippen LogP contribution in [0.3, 0.4) is 0 Å². The highest BCUT2D eigenvalue weighted by atomic mass is 16.6. The van der Waals surface area contributed by atoms with Crippen LogP contribution in [-0.2, 0) is 38.1 Å². The van der Waals surface area contributed by atoms with Crippen LogP contribution in [0.25, 0.3) is 0 Å². The van der Waals surface area contributed by atoms with Crippen molar-refractivity contribution in [1.82, 2.24) is 0 Å². The minimum absolute atomic E-state index is 0.0545. The minimum atomic E-state index is -1.09. The first-order valence-corrected chi connectivity index (χ1v) is 13.7. The zero-order valence-electron chi connectivity index (χ0n) is 24.0. The van der Waals surface area contributed by atoms with Gasteiger partial charge in [0, 0.05) is 5.56 Å². The van der Waals surface area contributed by atoms with Crippen molar-refractivity contribution in [3.63, 3.8) is 0 Å². The lowest BCUT2D eigenvalue weighted by atomic mass is 10.1. The first kappa shape index (κ1) is 35.7. The molecule has 0 aliphatic rings. The van der Waals surface area contributed by atoms with Crippen molar-refractivity contribution in [2.24, 2.45) is 0 Å². The van der Waals surface area contributed by atoms with Crippen LogP contribution in [0.15, 0.2) is 91.0 Å². The van der Waals surface area contributed by atoms with Crippen LogP contribution < -0.4 is 0 Å². The zero-order valence-corrected chi connectivity index (χ0v) is 24.0. The molecule has 0 fully saturated rings. The molecule has 0 saturated heterocycles. The first-order valence-electron chi connectivity index (χ1n) is 13.7. The van der Waals surface area contributed by atoms with Crippen molar-refractivity contribution in [3.05, 3.63) is 108 Å². The first-order chi connectivity index (χ1) is 21.3. The lowest BCUT2D eigenvalue weighted by Crippen LogP contribution is -2.21. The van der Waals surface area contributed by atoms with E-state index in [2.05, 4.69) is 0 Å². The van der Waals surface area contributed by atoms with Crippen molar-refractivity contribution in [1.29, 1.82) is 0 Å². The van der Waals surface area contributed by atoms with Gasteiger partial charge in [0.1, 0.15) is 6.61 Å². The molecule has 0 aliphatic carbocycles. The minimum Gasteiger partial charge on any atom is -0.479 e. The third-order valence-corrected chi connectivity index (χ3v) is 5.60. The number of Topliss-reactive ketones (excluding diaryl/α,β-unsaturated/α-hetero) is 1. The number of esters is 1. The molecule has 236 valence electrons. The Labute approximate surface area is 254 Å². The fourth-order valence-electron chi connectivity index (χ4n) is 3.56. The average Bonchev–Trinajstić information content (AvgIpc) is 3.04. The van der Waals surface area contributed by atoms with Gasteiger partial charge in [-0.25, -0.2) is 14.4 Å². The highest BCUT2D eigenvalue weighted by Crippen LogP contribution is 2.18. The Morgan fingerprint density at radius 3 is 1.39 bits per heavy atom. The molecule has 0 amide bonds. The second-order valence-corrected chi connectivity index (χ2v) is 8.78. The van der Waals surface area contributed by atoms with Crippen molar-refractivity contribution in [2.45, 2.75) is 12.2 Å². The van der Waals surface area contributed by atoms with Gasteiger partial charge in [-0.1, -0.05) is 91.0 Å². The number of benzene rings is 3. The Kier molecular flexibility index (Phi) is 17.3. The third-order valence-electron chi connectivity index (χ3n) is 5.60. The second-order valence-electron chi connectivity index (χ2n) is 8.78. The molecule has 3 rings (SSSR count). The highest BCUT2D eigenvalue weighted by molar-refractivity contribution is 6.40. The van der Waals surface area contributed by atoms with E-state index >= 15 is 0 Å². The van der Waals surface area contributed by atoms with Crippen molar-refractivity contribution < 1.29 is 58.2 Å². The molecule has 0 radical (unpaired) electrons. The van der Waals surface area contributed by atoms with Gasteiger partial charge in [-0.05, 0) is 11.1 Å². The molecule has 2 unspecified atom stereocenters. The normalized spacial score (nSPS) is 11.8. The number of aliphatic hydroxyl groups excluding tert-OH is 1. The van der Waals surface area contributed by atoms with Crippen LogP contribution in [0.1, 0.15) is 33.7 Å². The summed E-state index contributed by atoms with van der Waals surface area (Å²) in [5.74, 6) is -3.78. The van der Waals surface area contributed by atoms with Gasteiger partial charge in [0.2, 0.25) is 0 Å². The molecule has 2 atom stereocenters. The standard InChI is InChI=1S/C20H20O7.C12H16O5/c21-17(15-7-3-1-4-8-15)20(24)27-14-12-25-11-13-26-18(19(22)23)16-9-5-2-6-10-16;13-6-7-16-8-9-17-11(12(14)15)10-4-2-1-3-5-10/h1-10,18H,11-14H2,(H,22,23);1-5,11,13H,6-9H2,(H,14,15). The van der Waals surface area contributed by atoms with Crippen LogP contribution in [0.2, 0.25) is 0 Å². The average molecular weight is 613 g/mol. The van der Waals surface area contributed by atoms with E-state index < -0.39 is 35.9 Å². The molecule has 0 aromatic heterocycles. The summed E-state index contributed by atoms with van der Waals surface area (Å²) < 4.78 is 25.6. The van der Waals surface area contributed by atoms with Gasteiger partial charge < -0.3 is 39.0 Å². The van der Waals surface area contributed by atoms with Crippen LogP contribution >= 0.6 is 0 Å². The second kappa shape index (κ2) is 21.3. The number of rotatable bonds is 19. The Hall–Kier alpha value is -4.46. The molecule has 12 nitrogen and oxygen atoms in total. The SMILES string of the molecule is O=C(O)C(OCCOCCO)c1ccccc1.O=C(OCCOCCOC(C(=O)O)c1ccccc1)C(=O)c1ccccc1. The van der Waals surface area contributed by atoms with Crippen molar-refractivity contribution >= 4 is 23.7 Å². The maximum Gasteiger partial charge on any atom is 0.379 e. The van der Waals surface area contributed by atoms with E-state index in [1.807, 2.05) is 6.07 Å². The van der Waals surface area contributed by atoms with E-state index in [4.69, 9.17) is 33.9 Å². The fourth-order valence-corrected chi connectivity index (χ4v) is 3.56. The van der Waals surface area contributed by atoms with Gasteiger partial charge in [0.05, 0.1) is 46.2 Å². The van der Waals surface area contributed by atoms with E-state index in [9.17, 15) is 24.3 Å². The summed E-state index contributed by atoms with van der Waals surface area (Å²) >= 11 is 0. The molecule has 0 spiro atoms. The number of carbonyl (C=O) groups excluding carboxylic acids is 2. The molecule has 12 heteroatoms. The van der Waals surface area contributed by atoms with Gasteiger partial charge in [0.15, 0.2) is 12.2 Å². The Bertz CT molecular complexity index is 1250. The lowest BCUT2D eigenvalue weighted by Gasteiger charge is -2.14. The molecular weight excluding hydrogens is 576 g/mol. The number of aliphatic carboxylic acids is 2. The van der Waals surface area contributed by atoms with Crippen LogP contribution in [-0.4, -0.2) is 91.9 Å². The fraction of sp³-hybridized carbons (Fsp3) is 0.312. The molecule has 0 aliphatic heterocycles. The molecule has 0 heterocycles. The zero-order chi connectivity index (χ0) is 32.0. The van der Waals surface area contributed by atoms with E-state index in [-0.39, 0.29) is 58.4 Å². The van der Waals surface area contributed by atoms with Crippen molar-refractivity contribution in [3.8, 4) is 0 Å². The number of carboxylic acid groups (broad SMARTS) is 2. The lowest BCUT2D eigenvalue weighted by molar-refractivity contribution is -0.153. The van der Waals surface area contributed by atoms with Crippen LogP contribution in [0.5, 0.6) is 0 Å². The van der Waals surface area contributed by atoms with Crippen molar-refractivity contribution in [2.75, 3.05) is 52.9 Å². The summed E-state index contributed by atoms with van der Waals surface area (Å²) in [6.07, 6.45) is -2.05. The van der Waals surface area contributed by atoms with Gasteiger partial charge in [-0.3, -0.25) is 4.79 Å². The number of ether oxygens (including phenoxy) is 5. The Morgan fingerprint density at radius 1 is 0.545 bits per heavy atom. The number of hydrogen-bond acceptors (Lipinski definition) is 10. The van der Waals surface area contributed by atoms with Crippen LogP contribution in [0, 0.1) is 0 Å². The van der Waals surface area contributed by atoms with Gasteiger partial charge in [-0.15, -0.1) is 0 Å². The predicted molar refractivity (Wildman–Crippen MR) is 156 cm³/mol. The molecular formula is C32H36O12. The maximum absolute atomic E-state index is 11.8. The van der Waals surface area contributed by atoms with E-state index in [1.54, 1.807) is 72.8 Å². The molecule has 3 aromatic rings. The quantitative estimate of drug-likeness (QED) is 0.0782. The predicted octanol–water partition coefficient (Wildman–Crippen LogP) is 3.11. The number of carbonyl (C=O) groups is 4. The van der Waals surface area contributed by atoms with E-state index in [0.717, 1.165) is 0 Å². The topological polar surface area (TPSA) is 175 Å². The molecule has 3 N–H and O–H groups in total. The summed E-state index contributed by atoms with van der Waals surface area (Å²) in [6, 6.07) is 25.4. The van der Waals surface area contributed by atoms with Gasteiger partial charge in [-0.2, -0.15) is 0 Å². The molecule has 3 aromatic carbocycles. The number of carboxylic acids is 2. The summed E-state index contributed by atoms with van der Waals surface area (Å²) in [7, 11) is 0. The summed E-state index contributed by atoms with van der Waals surface area (Å²) in [6.45, 7) is 0.777. The Morgan fingerprint density at radius 2 is 0.955 bits per heavy atom. The molecule has 44 heavy (non-hydrogen) atoms. The number of hydrogen-bond donors (Lipinski definition) is 3. The van der Waals surface area contributed by atoms with E-state index in [1.165, 1.54) is 12.1 Å². The smallest absolute Gasteiger partial charge is 0.379 e. The molecule has 0 saturated carbocycles. The number of ketones is 1.